The van der Waals surface area contributed by atoms with E-state index >= 15 is 0 Å². The van der Waals surface area contributed by atoms with Crippen LogP contribution in [0.3, 0.4) is 0 Å². The average Bonchev–Trinajstić information content (AvgIpc) is 2.44. The van der Waals surface area contributed by atoms with E-state index in [1.54, 1.807) is 26.0 Å². The van der Waals surface area contributed by atoms with Crippen LogP contribution in [-0.2, 0) is 4.79 Å². The topological polar surface area (TPSA) is 61.1 Å². The van der Waals surface area contributed by atoms with Gasteiger partial charge in [-0.25, -0.2) is 4.79 Å². The van der Waals surface area contributed by atoms with Crippen molar-refractivity contribution in [3.05, 3.63) is 65.8 Å². The highest BCUT2D eigenvalue weighted by Crippen LogP contribution is 2.00. The second-order valence-corrected chi connectivity index (χ2v) is 3.53. The first-order chi connectivity index (χ1) is 9.11. The van der Waals surface area contributed by atoms with Crippen LogP contribution in [0.1, 0.15) is 19.4 Å². The van der Waals surface area contributed by atoms with Crippen LogP contribution in [0.4, 0.5) is 0 Å². The SMILES string of the molecule is CC=C(C)C(=O)O.N#CC=CC=Cc1ccccc1. The molecule has 1 aromatic carbocycles. The van der Waals surface area contributed by atoms with Gasteiger partial charge in [0, 0.05) is 11.6 Å². The number of aliphatic carboxylic acids is 1. The summed E-state index contributed by atoms with van der Waals surface area (Å²) in [6.07, 6.45) is 8.52. The van der Waals surface area contributed by atoms with E-state index < -0.39 is 5.97 Å². The Bertz CT molecular complexity index is 505. The van der Waals surface area contributed by atoms with Crippen molar-refractivity contribution in [2.45, 2.75) is 13.8 Å². The predicted molar refractivity (Wildman–Crippen MR) is 77.3 cm³/mol. The summed E-state index contributed by atoms with van der Waals surface area (Å²) < 4.78 is 0. The Morgan fingerprint density at radius 2 is 1.89 bits per heavy atom. The molecule has 0 saturated carbocycles. The minimum absolute atomic E-state index is 0.389. The molecule has 0 amide bonds. The summed E-state index contributed by atoms with van der Waals surface area (Å²) >= 11 is 0. The van der Waals surface area contributed by atoms with E-state index in [0.29, 0.717) is 5.57 Å². The molecular formula is C16H17NO2. The van der Waals surface area contributed by atoms with Crippen LogP contribution in [0, 0.1) is 11.3 Å². The Labute approximate surface area is 113 Å². The van der Waals surface area contributed by atoms with Gasteiger partial charge in [-0.15, -0.1) is 0 Å². The van der Waals surface area contributed by atoms with Gasteiger partial charge in [-0.1, -0.05) is 54.6 Å². The van der Waals surface area contributed by atoms with E-state index in [9.17, 15) is 4.79 Å². The number of nitrogens with zero attached hydrogens (tertiary/aromatic N) is 1. The smallest absolute Gasteiger partial charge is 0.330 e. The normalized spacial score (nSPS) is 10.9. The number of nitriles is 1. The van der Waals surface area contributed by atoms with Gasteiger partial charge in [0.2, 0.25) is 0 Å². The van der Waals surface area contributed by atoms with Crippen LogP contribution in [0.2, 0.25) is 0 Å². The van der Waals surface area contributed by atoms with Gasteiger partial charge in [0.25, 0.3) is 0 Å². The quantitative estimate of drug-likeness (QED) is 0.507. The van der Waals surface area contributed by atoms with Gasteiger partial charge >= 0.3 is 5.97 Å². The van der Waals surface area contributed by atoms with Crippen LogP contribution >= 0.6 is 0 Å². The Balaban J connectivity index is 0.000000399. The van der Waals surface area contributed by atoms with Crippen molar-refractivity contribution in [2.75, 3.05) is 0 Å². The number of carbonyl (C=O) groups is 1. The maximum Gasteiger partial charge on any atom is 0.330 e. The average molecular weight is 255 g/mol. The zero-order chi connectivity index (χ0) is 14.5. The molecule has 1 N–H and O–H groups in total. The minimum atomic E-state index is -0.845. The molecule has 0 saturated heterocycles. The molecule has 0 spiro atoms. The molecule has 98 valence electrons. The summed E-state index contributed by atoms with van der Waals surface area (Å²) in [6.45, 7) is 3.26. The predicted octanol–water partition coefficient (Wildman–Crippen LogP) is 3.82. The van der Waals surface area contributed by atoms with Gasteiger partial charge < -0.3 is 5.11 Å². The zero-order valence-corrected chi connectivity index (χ0v) is 11.1. The van der Waals surface area contributed by atoms with E-state index in [1.165, 1.54) is 6.08 Å². The van der Waals surface area contributed by atoms with Crippen molar-refractivity contribution in [3.63, 3.8) is 0 Å². The fourth-order valence-electron chi connectivity index (χ4n) is 0.953. The van der Waals surface area contributed by atoms with E-state index in [0.717, 1.165) is 5.56 Å². The van der Waals surface area contributed by atoms with Crippen LogP contribution in [0.25, 0.3) is 6.08 Å². The van der Waals surface area contributed by atoms with Crippen molar-refractivity contribution in [1.82, 2.24) is 0 Å². The third-order valence-electron chi connectivity index (χ3n) is 2.14. The number of rotatable bonds is 3. The molecule has 0 aliphatic carbocycles. The number of hydrogen-bond donors (Lipinski definition) is 1. The van der Waals surface area contributed by atoms with E-state index in [4.69, 9.17) is 10.4 Å². The van der Waals surface area contributed by atoms with Gasteiger partial charge in [-0.3, -0.25) is 0 Å². The van der Waals surface area contributed by atoms with Crippen molar-refractivity contribution < 1.29 is 9.90 Å². The maximum atomic E-state index is 9.86. The van der Waals surface area contributed by atoms with Crippen LogP contribution < -0.4 is 0 Å². The molecule has 0 fully saturated rings. The second-order valence-electron chi connectivity index (χ2n) is 3.53. The number of benzene rings is 1. The monoisotopic (exact) mass is 255 g/mol. The number of hydrogen-bond acceptors (Lipinski definition) is 2. The standard InChI is InChI=1S/C11H9N.C5H8O2/c12-10-6-2-5-9-11-7-3-1-4-8-11;1-3-4(2)5(6)7/h1-9H;3H,1-2H3,(H,6,7). The van der Waals surface area contributed by atoms with Gasteiger partial charge in [0.15, 0.2) is 0 Å². The third-order valence-corrected chi connectivity index (χ3v) is 2.14. The molecule has 3 heteroatoms. The van der Waals surface area contributed by atoms with Crippen molar-refractivity contribution in [2.24, 2.45) is 0 Å². The summed E-state index contributed by atoms with van der Waals surface area (Å²) in [6, 6.07) is 11.9. The molecule has 0 heterocycles. The molecule has 0 bridgehead atoms. The van der Waals surface area contributed by atoms with Crippen LogP contribution in [0.15, 0.2) is 60.2 Å². The Kier molecular flexibility index (Phi) is 9.10. The molecule has 0 radical (unpaired) electrons. The van der Waals surface area contributed by atoms with E-state index in [1.807, 2.05) is 48.6 Å². The largest absolute Gasteiger partial charge is 0.478 e. The summed E-state index contributed by atoms with van der Waals surface area (Å²) in [5.41, 5.74) is 1.53. The van der Waals surface area contributed by atoms with E-state index in [-0.39, 0.29) is 0 Å². The summed E-state index contributed by atoms with van der Waals surface area (Å²) in [7, 11) is 0. The molecule has 3 nitrogen and oxygen atoms in total. The fraction of sp³-hybridized carbons (Fsp3) is 0.125. The fourth-order valence-corrected chi connectivity index (χ4v) is 0.953. The Morgan fingerprint density at radius 1 is 1.26 bits per heavy atom. The molecule has 0 aliphatic rings. The first kappa shape index (κ1) is 16.4. The molecule has 0 unspecified atom stereocenters. The first-order valence-electron chi connectivity index (χ1n) is 5.76. The molecule has 0 aromatic heterocycles. The van der Waals surface area contributed by atoms with Crippen molar-refractivity contribution in [1.29, 1.82) is 5.26 Å². The first-order valence-corrected chi connectivity index (χ1v) is 5.76. The molecule has 1 aromatic rings. The second kappa shape index (κ2) is 10.5. The van der Waals surface area contributed by atoms with E-state index in [2.05, 4.69) is 0 Å². The Morgan fingerprint density at radius 3 is 2.32 bits per heavy atom. The number of allylic oxidation sites excluding steroid dienone is 4. The lowest BCUT2D eigenvalue weighted by molar-refractivity contribution is -0.132. The Hall–Kier alpha value is -2.60. The van der Waals surface area contributed by atoms with Crippen molar-refractivity contribution in [3.8, 4) is 6.07 Å². The lowest BCUT2D eigenvalue weighted by Gasteiger charge is -1.87. The van der Waals surface area contributed by atoms with Gasteiger partial charge in [0.05, 0.1) is 6.07 Å². The lowest BCUT2D eigenvalue weighted by Crippen LogP contribution is -1.93. The van der Waals surface area contributed by atoms with Gasteiger partial charge in [-0.05, 0) is 19.4 Å². The third kappa shape index (κ3) is 9.13. The highest BCUT2D eigenvalue weighted by atomic mass is 16.4. The summed E-state index contributed by atoms with van der Waals surface area (Å²) in [5, 5.41) is 16.3. The molecule has 0 aliphatic heterocycles. The van der Waals surface area contributed by atoms with Crippen molar-refractivity contribution >= 4 is 12.0 Å². The maximum absolute atomic E-state index is 9.86. The molecular weight excluding hydrogens is 238 g/mol. The van der Waals surface area contributed by atoms with Crippen LogP contribution in [-0.4, -0.2) is 11.1 Å². The van der Waals surface area contributed by atoms with Gasteiger partial charge in [0.1, 0.15) is 0 Å². The molecule has 0 atom stereocenters. The number of carboxylic acid groups (broad SMARTS) is 1. The molecule has 1 rings (SSSR count). The highest BCUT2D eigenvalue weighted by molar-refractivity contribution is 5.85. The summed E-state index contributed by atoms with van der Waals surface area (Å²) in [4.78, 5) is 9.86. The zero-order valence-electron chi connectivity index (χ0n) is 11.1. The summed E-state index contributed by atoms with van der Waals surface area (Å²) in [5.74, 6) is -0.845. The highest BCUT2D eigenvalue weighted by Gasteiger charge is 1.93. The number of carboxylic acids is 1. The molecule has 19 heavy (non-hydrogen) atoms. The lowest BCUT2D eigenvalue weighted by atomic mass is 10.2. The van der Waals surface area contributed by atoms with Crippen LogP contribution in [0.5, 0.6) is 0 Å². The van der Waals surface area contributed by atoms with Gasteiger partial charge in [-0.2, -0.15) is 5.26 Å². The minimum Gasteiger partial charge on any atom is -0.478 e.